The van der Waals surface area contributed by atoms with Crippen molar-refractivity contribution in [3.63, 3.8) is 0 Å². The van der Waals surface area contributed by atoms with E-state index in [4.69, 9.17) is 6.58 Å². The van der Waals surface area contributed by atoms with Crippen LogP contribution >= 0.6 is 0 Å². The van der Waals surface area contributed by atoms with Gasteiger partial charge in [-0.3, -0.25) is 0 Å². The van der Waals surface area contributed by atoms with Gasteiger partial charge in [0.05, 0.1) is 0 Å². The molecule has 0 aliphatic rings. The van der Waals surface area contributed by atoms with Crippen molar-refractivity contribution in [2.75, 3.05) is 0 Å². The van der Waals surface area contributed by atoms with Crippen LogP contribution < -0.4 is 0 Å². The number of unbranched alkanes of at least 4 members (excludes halogenated alkanes) is 9. The van der Waals surface area contributed by atoms with Crippen LogP contribution in [-0.4, -0.2) is 0 Å². The van der Waals surface area contributed by atoms with Gasteiger partial charge < -0.3 is 0 Å². The van der Waals surface area contributed by atoms with Crippen molar-refractivity contribution >= 4 is 0 Å². The summed E-state index contributed by atoms with van der Waals surface area (Å²) in [6.45, 7) is 7.50. The van der Waals surface area contributed by atoms with E-state index in [9.17, 15) is 0 Å². The van der Waals surface area contributed by atoms with Crippen molar-refractivity contribution < 1.29 is 0 Å². The number of hydrogen-bond donors (Lipinski definition) is 0. The average molecular weight is 338 g/mol. The van der Waals surface area contributed by atoms with Gasteiger partial charge in [0.1, 0.15) is 0 Å². The van der Waals surface area contributed by atoms with Gasteiger partial charge in [0, 0.05) is 0 Å². The van der Waals surface area contributed by atoms with Gasteiger partial charge in [-0.25, -0.2) is 0 Å². The highest BCUT2D eigenvalue weighted by Crippen LogP contribution is 2.10. The first-order chi connectivity index (χ1) is 12.4. The van der Waals surface area contributed by atoms with Gasteiger partial charge in [0.2, 0.25) is 0 Å². The number of allylic oxidation sites excluding steroid dienone is 13. The summed E-state index contributed by atoms with van der Waals surface area (Å²) < 4.78 is 0. The number of hydrogen-bond acceptors (Lipinski definition) is 0. The van der Waals surface area contributed by atoms with Crippen molar-refractivity contribution in [1.29, 1.82) is 0 Å². The third kappa shape index (κ3) is 22.2. The molecule has 0 aromatic carbocycles. The van der Waals surface area contributed by atoms with Crippen molar-refractivity contribution in [2.24, 2.45) is 0 Å². The van der Waals surface area contributed by atoms with Crippen molar-refractivity contribution in [3.05, 3.63) is 85.6 Å². The molecule has 0 heteroatoms. The summed E-state index contributed by atoms with van der Waals surface area (Å²) in [4.78, 5) is 0. The molecule has 0 fully saturated rings. The van der Waals surface area contributed by atoms with Crippen LogP contribution in [0.15, 0.2) is 79.0 Å². The standard InChI is InChI=1S/C25H37/c1-3-5-7-9-11-13-15-17-19-21-23-25-24-22-20-18-16-14-12-10-8-6-4-2/h1,3,5,7,9,11,13,15,17,19,21,23-25H,4,6,8,10,12,14,16,18,20,22H2,2H3. The maximum Gasteiger partial charge on any atom is -0.0348 e. The fourth-order valence-corrected chi connectivity index (χ4v) is 2.39. The Morgan fingerprint density at radius 1 is 0.480 bits per heavy atom. The minimum atomic E-state index is 1.20. The monoisotopic (exact) mass is 337 g/mol. The van der Waals surface area contributed by atoms with Crippen LogP contribution in [0, 0.1) is 6.58 Å². The Morgan fingerprint density at radius 2 is 0.880 bits per heavy atom. The first-order valence-corrected chi connectivity index (χ1v) is 9.95. The molecule has 0 spiro atoms. The minimum absolute atomic E-state index is 1.20. The second-order valence-electron chi connectivity index (χ2n) is 6.16. The van der Waals surface area contributed by atoms with E-state index >= 15 is 0 Å². The van der Waals surface area contributed by atoms with Gasteiger partial charge >= 0.3 is 0 Å². The molecule has 0 rings (SSSR count). The van der Waals surface area contributed by atoms with E-state index in [1.165, 1.54) is 70.3 Å². The molecule has 0 aromatic rings. The van der Waals surface area contributed by atoms with Crippen LogP contribution in [0.1, 0.15) is 71.1 Å². The summed E-state index contributed by atoms with van der Waals surface area (Å²) in [5.41, 5.74) is 0. The van der Waals surface area contributed by atoms with Gasteiger partial charge in [-0.1, -0.05) is 144 Å². The molecule has 0 amide bonds. The molecule has 0 unspecified atom stereocenters. The molecule has 1 radical (unpaired) electrons. The molecule has 0 bridgehead atoms. The Morgan fingerprint density at radius 3 is 1.36 bits per heavy atom. The predicted octanol–water partition coefficient (Wildman–Crippen LogP) is 8.23. The lowest BCUT2D eigenvalue weighted by Gasteiger charge is -2.00. The molecule has 0 aliphatic heterocycles. The summed E-state index contributed by atoms with van der Waals surface area (Å²) in [6.07, 6.45) is 39.5. The maximum absolute atomic E-state index is 5.23. The third-order valence-electron chi connectivity index (χ3n) is 3.83. The fraction of sp³-hybridized carbons (Fsp3) is 0.440. The molecule has 0 atom stereocenters. The topological polar surface area (TPSA) is 0 Å². The van der Waals surface area contributed by atoms with Crippen LogP contribution in [0.4, 0.5) is 0 Å². The van der Waals surface area contributed by atoms with Crippen LogP contribution in [0.25, 0.3) is 0 Å². The quantitative estimate of drug-likeness (QED) is 0.196. The van der Waals surface area contributed by atoms with E-state index in [1.807, 2.05) is 42.5 Å². The van der Waals surface area contributed by atoms with E-state index in [1.54, 1.807) is 6.08 Å². The zero-order valence-electron chi connectivity index (χ0n) is 16.2. The van der Waals surface area contributed by atoms with Gasteiger partial charge in [-0.05, 0) is 12.8 Å². The van der Waals surface area contributed by atoms with Crippen LogP contribution in [0.2, 0.25) is 0 Å². The molecule has 137 valence electrons. The van der Waals surface area contributed by atoms with E-state index in [-0.39, 0.29) is 0 Å². The van der Waals surface area contributed by atoms with Crippen LogP contribution in [0.5, 0.6) is 0 Å². The first-order valence-electron chi connectivity index (χ1n) is 9.95. The van der Waals surface area contributed by atoms with Gasteiger partial charge in [0.15, 0.2) is 0 Å². The Bertz CT molecular complexity index is 441. The van der Waals surface area contributed by atoms with Gasteiger partial charge in [-0.2, -0.15) is 0 Å². The molecule has 0 nitrogen and oxygen atoms in total. The summed E-state index contributed by atoms with van der Waals surface area (Å²) in [5.74, 6) is 0. The highest BCUT2D eigenvalue weighted by molar-refractivity contribution is 5.20. The molecule has 0 heterocycles. The van der Waals surface area contributed by atoms with Crippen molar-refractivity contribution in [1.82, 2.24) is 0 Å². The molecule has 0 N–H and O–H groups in total. The normalized spacial score (nSPS) is 13.0. The van der Waals surface area contributed by atoms with Gasteiger partial charge in [-0.15, -0.1) is 0 Å². The second-order valence-corrected chi connectivity index (χ2v) is 6.16. The van der Waals surface area contributed by atoms with E-state index in [0.29, 0.717) is 0 Å². The molecular formula is C25H37. The average Bonchev–Trinajstić information content (AvgIpc) is 2.63. The smallest absolute Gasteiger partial charge is 0.0348 e. The molecule has 25 heavy (non-hydrogen) atoms. The third-order valence-corrected chi connectivity index (χ3v) is 3.83. The molecule has 0 aromatic heterocycles. The zero-order valence-corrected chi connectivity index (χ0v) is 16.2. The highest BCUT2D eigenvalue weighted by Gasteiger charge is 1.90. The first kappa shape index (κ1) is 23.2. The summed E-state index contributed by atoms with van der Waals surface area (Å²) in [5, 5.41) is 0. The minimum Gasteiger partial charge on any atom is -0.0845 e. The lowest BCUT2D eigenvalue weighted by atomic mass is 10.1. The highest BCUT2D eigenvalue weighted by atomic mass is 14.0. The summed E-state index contributed by atoms with van der Waals surface area (Å²) >= 11 is 0. The largest absolute Gasteiger partial charge is 0.0845 e. The SMILES string of the molecule is [CH]=CC=CC=CC=CC=CC=CC=CCCCCCCCCCCC. The Hall–Kier alpha value is -1.82. The molecular weight excluding hydrogens is 300 g/mol. The van der Waals surface area contributed by atoms with Crippen molar-refractivity contribution in [3.8, 4) is 0 Å². The van der Waals surface area contributed by atoms with E-state index < -0.39 is 0 Å². The Kier molecular flexibility index (Phi) is 20.6. The Labute approximate surface area is 157 Å². The van der Waals surface area contributed by atoms with E-state index in [2.05, 4.69) is 31.2 Å². The number of rotatable bonds is 16. The van der Waals surface area contributed by atoms with Gasteiger partial charge in [0.25, 0.3) is 0 Å². The van der Waals surface area contributed by atoms with Crippen molar-refractivity contribution in [2.45, 2.75) is 71.1 Å². The molecule has 0 aliphatic carbocycles. The maximum atomic E-state index is 5.23. The van der Waals surface area contributed by atoms with Crippen LogP contribution in [0.3, 0.4) is 0 Å². The lowest BCUT2D eigenvalue weighted by Crippen LogP contribution is -1.80. The zero-order chi connectivity index (χ0) is 18.3. The second kappa shape index (κ2) is 22.2. The predicted molar refractivity (Wildman–Crippen MR) is 116 cm³/mol. The van der Waals surface area contributed by atoms with Crippen LogP contribution in [-0.2, 0) is 0 Å². The summed E-state index contributed by atoms with van der Waals surface area (Å²) in [6, 6.07) is 0. The summed E-state index contributed by atoms with van der Waals surface area (Å²) in [7, 11) is 0. The lowest BCUT2D eigenvalue weighted by molar-refractivity contribution is 0.566. The molecule has 0 saturated heterocycles. The van der Waals surface area contributed by atoms with E-state index in [0.717, 1.165) is 0 Å². The Balaban J connectivity index is 3.46. The molecule has 0 saturated carbocycles. The fourth-order valence-electron chi connectivity index (χ4n) is 2.39.